The maximum Gasteiger partial charge on any atom is 0.232 e. The molecule has 0 saturated carbocycles. The second-order valence-electron chi connectivity index (χ2n) is 6.59. The van der Waals surface area contributed by atoms with Crippen LogP contribution >= 0.6 is 11.6 Å². The molecule has 1 fully saturated rings. The SMILES string of the molecule is CN1CCC(N(C)C(=O)C(C)(C)c2cccc(Cl)c2)CC1. The highest BCUT2D eigenvalue weighted by Gasteiger charge is 2.35. The summed E-state index contributed by atoms with van der Waals surface area (Å²) in [7, 11) is 4.07. The van der Waals surface area contributed by atoms with Crippen molar-refractivity contribution in [1.29, 1.82) is 0 Å². The Morgan fingerprint density at radius 3 is 2.52 bits per heavy atom. The summed E-state index contributed by atoms with van der Waals surface area (Å²) < 4.78 is 0. The van der Waals surface area contributed by atoms with Crippen LogP contribution in [0.15, 0.2) is 24.3 Å². The topological polar surface area (TPSA) is 23.6 Å². The lowest BCUT2D eigenvalue weighted by Gasteiger charge is -2.39. The predicted octanol–water partition coefficient (Wildman–Crippen LogP) is 3.17. The van der Waals surface area contributed by atoms with Crippen LogP contribution in [-0.2, 0) is 10.2 Å². The maximum atomic E-state index is 12.9. The Labute approximate surface area is 132 Å². The Bertz CT molecular complexity index is 507. The maximum absolute atomic E-state index is 12.9. The molecule has 0 atom stereocenters. The van der Waals surface area contributed by atoms with Gasteiger partial charge in [0.15, 0.2) is 0 Å². The van der Waals surface area contributed by atoms with E-state index in [4.69, 9.17) is 11.6 Å². The fourth-order valence-corrected chi connectivity index (χ4v) is 3.18. The molecule has 2 rings (SSSR count). The summed E-state index contributed by atoms with van der Waals surface area (Å²) in [6.45, 7) is 6.07. The molecule has 0 spiro atoms. The Kier molecular flexibility index (Phi) is 4.95. The van der Waals surface area contributed by atoms with Gasteiger partial charge in [0, 0.05) is 18.1 Å². The molecule has 1 aliphatic heterocycles. The molecule has 1 saturated heterocycles. The van der Waals surface area contributed by atoms with Crippen molar-refractivity contribution in [2.45, 2.75) is 38.1 Å². The summed E-state index contributed by atoms with van der Waals surface area (Å²) >= 11 is 6.07. The van der Waals surface area contributed by atoms with Crippen molar-refractivity contribution in [1.82, 2.24) is 9.80 Å². The highest BCUT2D eigenvalue weighted by molar-refractivity contribution is 6.30. The second kappa shape index (κ2) is 6.37. The third kappa shape index (κ3) is 3.58. The van der Waals surface area contributed by atoms with Crippen LogP contribution in [-0.4, -0.2) is 48.9 Å². The third-order valence-corrected chi connectivity index (χ3v) is 4.87. The molecule has 1 heterocycles. The van der Waals surface area contributed by atoms with Gasteiger partial charge in [-0.05, 0) is 64.5 Å². The fraction of sp³-hybridized carbons (Fsp3) is 0.588. The van der Waals surface area contributed by atoms with Gasteiger partial charge in [0.2, 0.25) is 5.91 Å². The number of likely N-dealkylation sites (N-methyl/N-ethyl adjacent to an activating group) is 1. The molecule has 1 aromatic rings. The largest absolute Gasteiger partial charge is 0.342 e. The molecule has 21 heavy (non-hydrogen) atoms. The number of hydrogen-bond donors (Lipinski definition) is 0. The lowest BCUT2D eigenvalue weighted by molar-refractivity contribution is -0.137. The first kappa shape index (κ1) is 16.3. The number of nitrogens with zero attached hydrogens (tertiary/aromatic N) is 2. The minimum Gasteiger partial charge on any atom is -0.342 e. The molecule has 4 heteroatoms. The highest BCUT2D eigenvalue weighted by Crippen LogP contribution is 2.29. The summed E-state index contributed by atoms with van der Waals surface area (Å²) in [5.41, 5.74) is 0.419. The third-order valence-electron chi connectivity index (χ3n) is 4.64. The monoisotopic (exact) mass is 308 g/mol. The molecule has 0 aromatic heterocycles. The van der Waals surface area contributed by atoms with Crippen LogP contribution in [0.1, 0.15) is 32.3 Å². The average Bonchev–Trinajstić information content (AvgIpc) is 2.46. The van der Waals surface area contributed by atoms with Crippen LogP contribution in [0, 0.1) is 0 Å². The van der Waals surface area contributed by atoms with Gasteiger partial charge >= 0.3 is 0 Å². The number of rotatable bonds is 3. The normalized spacial score (nSPS) is 17.8. The molecule has 0 unspecified atom stereocenters. The summed E-state index contributed by atoms with van der Waals surface area (Å²) in [6, 6.07) is 7.95. The Morgan fingerprint density at radius 2 is 1.95 bits per heavy atom. The lowest BCUT2D eigenvalue weighted by atomic mass is 9.82. The quantitative estimate of drug-likeness (QED) is 0.856. The minimum absolute atomic E-state index is 0.166. The first-order valence-corrected chi connectivity index (χ1v) is 7.92. The van der Waals surface area contributed by atoms with E-state index < -0.39 is 5.41 Å². The molecule has 1 aliphatic rings. The number of amides is 1. The van der Waals surface area contributed by atoms with Crippen LogP contribution in [0.5, 0.6) is 0 Å². The molecule has 0 aliphatic carbocycles. The van der Waals surface area contributed by atoms with Crippen LogP contribution in [0.25, 0.3) is 0 Å². The van der Waals surface area contributed by atoms with Gasteiger partial charge in [0.1, 0.15) is 0 Å². The van der Waals surface area contributed by atoms with E-state index in [0.29, 0.717) is 11.1 Å². The van der Waals surface area contributed by atoms with Crippen molar-refractivity contribution >= 4 is 17.5 Å². The van der Waals surface area contributed by atoms with E-state index in [-0.39, 0.29) is 5.91 Å². The lowest BCUT2D eigenvalue weighted by Crippen LogP contribution is -2.49. The molecule has 1 aromatic carbocycles. The summed E-state index contributed by atoms with van der Waals surface area (Å²) in [4.78, 5) is 17.2. The van der Waals surface area contributed by atoms with Gasteiger partial charge in [-0.1, -0.05) is 23.7 Å². The van der Waals surface area contributed by atoms with E-state index in [1.807, 2.05) is 50.1 Å². The standard InChI is InChI=1S/C17H25ClN2O/c1-17(2,13-6-5-7-14(18)12-13)16(21)20(4)15-8-10-19(3)11-9-15/h5-7,12,15H,8-11H2,1-4H3. The molecule has 0 bridgehead atoms. The number of carbonyl (C=O) groups excluding carboxylic acids is 1. The van der Waals surface area contributed by atoms with Crippen molar-refractivity contribution < 1.29 is 4.79 Å². The highest BCUT2D eigenvalue weighted by atomic mass is 35.5. The van der Waals surface area contributed by atoms with E-state index in [1.54, 1.807) is 0 Å². The van der Waals surface area contributed by atoms with E-state index in [2.05, 4.69) is 11.9 Å². The summed E-state index contributed by atoms with van der Waals surface area (Å²) in [6.07, 6.45) is 2.09. The van der Waals surface area contributed by atoms with E-state index in [0.717, 1.165) is 31.5 Å². The molecule has 116 valence electrons. The Hall–Kier alpha value is -1.06. The van der Waals surface area contributed by atoms with Crippen molar-refractivity contribution in [3.8, 4) is 0 Å². The van der Waals surface area contributed by atoms with Crippen LogP contribution < -0.4 is 0 Å². The molecule has 1 amide bonds. The van der Waals surface area contributed by atoms with Gasteiger partial charge in [0.05, 0.1) is 5.41 Å². The minimum atomic E-state index is -0.553. The van der Waals surface area contributed by atoms with Gasteiger partial charge in [0.25, 0.3) is 0 Å². The number of hydrogen-bond acceptors (Lipinski definition) is 2. The predicted molar refractivity (Wildman–Crippen MR) is 87.8 cm³/mol. The van der Waals surface area contributed by atoms with Crippen molar-refractivity contribution in [2.75, 3.05) is 27.2 Å². The van der Waals surface area contributed by atoms with Crippen LogP contribution in [0.4, 0.5) is 0 Å². The van der Waals surface area contributed by atoms with Crippen molar-refractivity contribution in [3.05, 3.63) is 34.9 Å². The van der Waals surface area contributed by atoms with Gasteiger partial charge in [-0.25, -0.2) is 0 Å². The van der Waals surface area contributed by atoms with Crippen LogP contribution in [0.2, 0.25) is 5.02 Å². The van der Waals surface area contributed by atoms with Crippen LogP contribution in [0.3, 0.4) is 0 Å². The molecular formula is C17H25ClN2O. The van der Waals surface area contributed by atoms with E-state index >= 15 is 0 Å². The smallest absolute Gasteiger partial charge is 0.232 e. The summed E-state index contributed by atoms with van der Waals surface area (Å²) in [5, 5.41) is 0.676. The Balaban J connectivity index is 2.14. The number of carbonyl (C=O) groups is 1. The molecule has 3 nitrogen and oxygen atoms in total. The van der Waals surface area contributed by atoms with Gasteiger partial charge in [-0.3, -0.25) is 4.79 Å². The van der Waals surface area contributed by atoms with E-state index in [1.165, 1.54) is 0 Å². The van der Waals surface area contributed by atoms with E-state index in [9.17, 15) is 4.79 Å². The first-order chi connectivity index (χ1) is 9.82. The summed E-state index contributed by atoms with van der Waals surface area (Å²) in [5.74, 6) is 0.166. The zero-order valence-electron chi connectivity index (χ0n) is 13.4. The number of likely N-dealkylation sites (tertiary alicyclic amines) is 1. The van der Waals surface area contributed by atoms with Crippen molar-refractivity contribution in [3.63, 3.8) is 0 Å². The van der Waals surface area contributed by atoms with Gasteiger partial charge < -0.3 is 9.80 Å². The zero-order valence-corrected chi connectivity index (χ0v) is 14.2. The number of halogens is 1. The Morgan fingerprint density at radius 1 is 1.33 bits per heavy atom. The van der Waals surface area contributed by atoms with Gasteiger partial charge in [-0.2, -0.15) is 0 Å². The van der Waals surface area contributed by atoms with Gasteiger partial charge in [-0.15, -0.1) is 0 Å². The number of piperidine rings is 1. The zero-order chi connectivity index (χ0) is 15.6. The molecule has 0 N–H and O–H groups in total. The molecule has 0 radical (unpaired) electrons. The average molecular weight is 309 g/mol. The first-order valence-electron chi connectivity index (χ1n) is 7.54. The molecular weight excluding hydrogens is 284 g/mol. The second-order valence-corrected chi connectivity index (χ2v) is 7.02. The fourth-order valence-electron chi connectivity index (χ4n) is 2.99. The number of benzene rings is 1. The van der Waals surface area contributed by atoms with Crippen molar-refractivity contribution in [2.24, 2.45) is 0 Å².